The van der Waals surface area contributed by atoms with E-state index in [2.05, 4.69) is 15.3 Å². The molecular weight excluding hydrogens is 266 g/mol. The van der Waals surface area contributed by atoms with Crippen molar-refractivity contribution in [3.05, 3.63) is 66.0 Å². The Morgan fingerprint density at radius 1 is 1.24 bits per heavy atom. The predicted octanol–water partition coefficient (Wildman–Crippen LogP) is 2.03. The van der Waals surface area contributed by atoms with Crippen LogP contribution in [0.15, 0.2) is 54.9 Å². The molecular formula is C16H15N3O2. The number of hydrogen-bond acceptors (Lipinski definition) is 3. The smallest absolute Gasteiger partial charge is 0.251 e. The summed E-state index contributed by atoms with van der Waals surface area (Å²) in [6.07, 6.45) is 1.59. The first-order valence-electron chi connectivity index (χ1n) is 6.68. The summed E-state index contributed by atoms with van der Waals surface area (Å²) < 4.78 is 0. The van der Waals surface area contributed by atoms with Crippen molar-refractivity contribution in [2.45, 2.75) is 6.04 Å². The first-order chi connectivity index (χ1) is 10.3. The molecule has 0 aliphatic rings. The molecule has 21 heavy (non-hydrogen) atoms. The zero-order valence-electron chi connectivity index (χ0n) is 11.3. The Kier molecular flexibility index (Phi) is 3.66. The first kappa shape index (κ1) is 13.3. The van der Waals surface area contributed by atoms with Gasteiger partial charge >= 0.3 is 0 Å². The van der Waals surface area contributed by atoms with Crippen LogP contribution in [0.25, 0.3) is 11.0 Å². The van der Waals surface area contributed by atoms with Crippen molar-refractivity contribution in [1.82, 2.24) is 15.3 Å². The van der Waals surface area contributed by atoms with Gasteiger partial charge in [-0.05, 0) is 23.8 Å². The molecule has 1 heterocycles. The maximum Gasteiger partial charge on any atom is 0.251 e. The highest BCUT2D eigenvalue weighted by molar-refractivity contribution is 5.97. The summed E-state index contributed by atoms with van der Waals surface area (Å²) in [5, 5.41) is 12.3. The Bertz CT molecular complexity index is 752. The Hall–Kier alpha value is -2.66. The molecule has 0 bridgehead atoms. The van der Waals surface area contributed by atoms with E-state index in [0.717, 1.165) is 16.6 Å². The third kappa shape index (κ3) is 2.78. The summed E-state index contributed by atoms with van der Waals surface area (Å²) in [6, 6.07) is 14.2. The van der Waals surface area contributed by atoms with Gasteiger partial charge in [0.15, 0.2) is 0 Å². The molecule has 5 heteroatoms. The minimum atomic E-state index is -0.420. The van der Waals surface area contributed by atoms with Gasteiger partial charge in [0.25, 0.3) is 5.91 Å². The number of benzene rings is 2. The van der Waals surface area contributed by atoms with E-state index in [1.807, 2.05) is 30.3 Å². The van der Waals surface area contributed by atoms with Crippen molar-refractivity contribution in [3.8, 4) is 0 Å². The Labute approximate surface area is 121 Å². The maximum absolute atomic E-state index is 12.3. The number of carbonyl (C=O) groups is 1. The average molecular weight is 281 g/mol. The molecule has 0 spiro atoms. The quantitative estimate of drug-likeness (QED) is 0.684. The number of nitrogens with one attached hydrogen (secondary N) is 2. The van der Waals surface area contributed by atoms with Crippen LogP contribution in [0.4, 0.5) is 0 Å². The highest BCUT2D eigenvalue weighted by atomic mass is 16.3. The SMILES string of the molecule is O=C(N[C@H](CO)c1ccccc1)c1ccc2nc[nH]c2c1. The van der Waals surface area contributed by atoms with Crippen molar-refractivity contribution < 1.29 is 9.90 Å². The van der Waals surface area contributed by atoms with E-state index < -0.39 is 6.04 Å². The molecule has 1 amide bonds. The maximum atomic E-state index is 12.3. The molecule has 0 saturated heterocycles. The summed E-state index contributed by atoms with van der Waals surface area (Å²) in [4.78, 5) is 19.4. The molecule has 2 aromatic carbocycles. The predicted molar refractivity (Wildman–Crippen MR) is 79.8 cm³/mol. The van der Waals surface area contributed by atoms with Gasteiger partial charge in [-0.2, -0.15) is 0 Å². The monoisotopic (exact) mass is 281 g/mol. The van der Waals surface area contributed by atoms with Gasteiger partial charge in [0.2, 0.25) is 0 Å². The van der Waals surface area contributed by atoms with E-state index >= 15 is 0 Å². The lowest BCUT2D eigenvalue weighted by Gasteiger charge is -2.16. The van der Waals surface area contributed by atoms with E-state index in [1.54, 1.807) is 24.5 Å². The number of imidazole rings is 1. The zero-order valence-corrected chi connectivity index (χ0v) is 11.3. The normalized spacial score (nSPS) is 12.2. The number of aliphatic hydroxyl groups excluding tert-OH is 1. The number of nitrogens with zero attached hydrogens (tertiary/aromatic N) is 1. The van der Waals surface area contributed by atoms with Gasteiger partial charge in [0.1, 0.15) is 0 Å². The highest BCUT2D eigenvalue weighted by Gasteiger charge is 2.15. The van der Waals surface area contributed by atoms with E-state index in [1.165, 1.54) is 0 Å². The Balaban J connectivity index is 1.81. The van der Waals surface area contributed by atoms with Crippen molar-refractivity contribution >= 4 is 16.9 Å². The van der Waals surface area contributed by atoms with Crippen LogP contribution in [0.5, 0.6) is 0 Å². The van der Waals surface area contributed by atoms with Crippen LogP contribution in [-0.2, 0) is 0 Å². The van der Waals surface area contributed by atoms with Gasteiger partial charge in [-0.1, -0.05) is 30.3 Å². The molecule has 0 fully saturated rings. The molecule has 3 rings (SSSR count). The minimum Gasteiger partial charge on any atom is -0.394 e. The van der Waals surface area contributed by atoms with Crippen molar-refractivity contribution in [1.29, 1.82) is 0 Å². The van der Waals surface area contributed by atoms with Gasteiger partial charge in [0, 0.05) is 5.56 Å². The third-order valence-corrected chi connectivity index (χ3v) is 3.37. The van der Waals surface area contributed by atoms with Crippen LogP contribution in [0.2, 0.25) is 0 Å². The number of H-pyrrole nitrogens is 1. The number of fused-ring (bicyclic) bond motifs is 1. The number of rotatable bonds is 4. The van der Waals surface area contributed by atoms with Crippen LogP contribution in [-0.4, -0.2) is 27.6 Å². The third-order valence-electron chi connectivity index (χ3n) is 3.37. The second kappa shape index (κ2) is 5.76. The lowest BCUT2D eigenvalue weighted by Crippen LogP contribution is -2.30. The molecule has 1 aromatic heterocycles. The average Bonchev–Trinajstić information content (AvgIpc) is 3.00. The summed E-state index contributed by atoms with van der Waals surface area (Å²) in [6.45, 7) is -0.151. The minimum absolute atomic E-state index is 0.151. The fourth-order valence-electron chi connectivity index (χ4n) is 2.24. The largest absolute Gasteiger partial charge is 0.394 e. The Morgan fingerprint density at radius 3 is 2.81 bits per heavy atom. The van der Waals surface area contributed by atoms with Gasteiger partial charge in [0.05, 0.1) is 30.0 Å². The van der Waals surface area contributed by atoms with Crippen molar-refractivity contribution in [2.75, 3.05) is 6.61 Å². The zero-order chi connectivity index (χ0) is 14.7. The lowest BCUT2D eigenvalue weighted by atomic mass is 10.1. The second-order valence-corrected chi connectivity index (χ2v) is 4.75. The number of hydrogen-bond donors (Lipinski definition) is 3. The molecule has 106 valence electrons. The van der Waals surface area contributed by atoms with Crippen LogP contribution in [0, 0.1) is 0 Å². The summed E-state index contributed by atoms with van der Waals surface area (Å²) in [5.41, 5.74) is 3.02. The molecule has 0 aliphatic carbocycles. The number of carbonyl (C=O) groups excluding carboxylic acids is 1. The van der Waals surface area contributed by atoms with Gasteiger partial charge in [-0.25, -0.2) is 4.98 Å². The molecule has 1 atom stereocenters. The molecule has 0 radical (unpaired) electrons. The second-order valence-electron chi connectivity index (χ2n) is 4.75. The summed E-state index contributed by atoms with van der Waals surface area (Å²) in [5.74, 6) is -0.227. The van der Waals surface area contributed by atoms with Crippen molar-refractivity contribution in [2.24, 2.45) is 0 Å². The van der Waals surface area contributed by atoms with Gasteiger partial charge in [-0.15, -0.1) is 0 Å². The van der Waals surface area contributed by atoms with Crippen molar-refractivity contribution in [3.63, 3.8) is 0 Å². The van der Waals surface area contributed by atoms with E-state index in [9.17, 15) is 9.90 Å². The molecule has 0 aliphatic heterocycles. The summed E-state index contributed by atoms with van der Waals surface area (Å²) >= 11 is 0. The highest BCUT2D eigenvalue weighted by Crippen LogP contribution is 2.15. The number of aliphatic hydroxyl groups is 1. The van der Waals surface area contributed by atoms with Gasteiger partial charge < -0.3 is 15.4 Å². The number of aromatic amines is 1. The Morgan fingerprint density at radius 2 is 2.05 bits per heavy atom. The fraction of sp³-hybridized carbons (Fsp3) is 0.125. The molecule has 5 nitrogen and oxygen atoms in total. The number of aromatic nitrogens is 2. The molecule has 0 saturated carbocycles. The molecule has 0 unspecified atom stereocenters. The molecule has 3 aromatic rings. The topological polar surface area (TPSA) is 78.0 Å². The standard InChI is InChI=1S/C16H15N3O2/c20-9-15(11-4-2-1-3-5-11)19-16(21)12-6-7-13-14(8-12)18-10-17-13/h1-8,10,15,20H,9H2,(H,17,18)(H,19,21)/t15-/m1/s1. The van der Waals surface area contributed by atoms with E-state index in [0.29, 0.717) is 5.56 Å². The van der Waals surface area contributed by atoms with Gasteiger partial charge in [-0.3, -0.25) is 4.79 Å². The van der Waals surface area contributed by atoms with Crippen LogP contribution in [0.3, 0.4) is 0 Å². The fourth-order valence-corrected chi connectivity index (χ4v) is 2.24. The van der Waals surface area contributed by atoms with E-state index in [-0.39, 0.29) is 12.5 Å². The van der Waals surface area contributed by atoms with Crippen LogP contribution < -0.4 is 5.32 Å². The van der Waals surface area contributed by atoms with Crippen LogP contribution in [0.1, 0.15) is 22.0 Å². The van der Waals surface area contributed by atoms with Crippen LogP contribution >= 0.6 is 0 Å². The number of amides is 1. The lowest BCUT2D eigenvalue weighted by molar-refractivity contribution is 0.0916. The summed E-state index contributed by atoms with van der Waals surface area (Å²) in [7, 11) is 0. The molecule has 3 N–H and O–H groups in total. The van der Waals surface area contributed by atoms with E-state index in [4.69, 9.17) is 0 Å². The first-order valence-corrected chi connectivity index (χ1v) is 6.68.